The topological polar surface area (TPSA) is 56.0 Å². The number of rotatable bonds is 4. The Bertz CT molecular complexity index is 586. The van der Waals surface area contributed by atoms with Crippen LogP contribution in [0.5, 0.6) is 0 Å². The van der Waals surface area contributed by atoms with Crippen LogP contribution >= 0.6 is 15.9 Å². The van der Waals surface area contributed by atoms with E-state index in [2.05, 4.69) is 27.8 Å². The van der Waals surface area contributed by atoms with Crippen molar-refractivity contribution in [2.45, 2.75) is 24.6 Å². The monoisotopic (exact) mass is 308 g/mol. The van der Waals surface area contributed by atoms with Gasteiger partial charge in [0.2, 0.25) is 0 Å². The molecule has 0 bridgehead atoms. The van der Waals surface area contributed by atoms with Crippen LogP contribution in [0.1, 0.15) is 18.9 Å². The molecule has 0 amide bonds. The van der Waals surface area contributed by atoms with Gasteiger partial charge in [0.25, 0.3) is 5.69 Å². The molecule has 0 saturated carbocycles. The summed E-state index contributed by atoms with van der Waals surface area (Å²) in [4.78, 5) is 15.0. The molecule has 0 aliphatic rings. The Morgan fingerprint density at radius 2 is 2.17 bits per heavy atom. The summed E-state index contributed by atoms with van der Waals surface area (Å²) in [5, 5.41) is 12.5. The number of benzene rings is 1. The second-order valence-corrected chi connectivity index (χ2v) is 5.43. The van der Waals surface area contributed by atoms with Gasteiger partial charge in [0, 0.05) is 23.3 Å². The summed E-state index contributed by atoms with van der Waals surface area (Å²) >= 11 is 3.60. The first-order valence-electron chi connectivity index (χ1n) is 5.77. The Kier molecular flexibility index (Phi) is 3.91. The lowest BCUT2D eigenvalue weighted by molar-refractivity contribution is -0.383. The Morgan fingerprint density at radius 1 is 1.39 bits per heavy atom. The molecule has 1 aromatic heterocycles. The summed E-state index contributed by atoms with van der Waals surface area (Å²) in [5.41, 5.74) is 1.23. The number of pyridine rings is 1. The Labute approximate surface area is 113 Å². The maximum absolute atomic E-state index is 11.0. The van der Waals surface area contributed by atoms with E-state index in [1.807, 2.05) is 12.1 Å². The predicted molar refractivity (Wildman–Crippen MR) is 75.1 cm³/mol. The third kappa shape index (κ3) is 2.51. The minimum atomic E-state index is -0.362. The van der Waals surface area contributed by atoms with Crippen LogP contribution in [0.15, 0.2) is 30.6 Å². The summed E-state index contributed by atoms with van der Waals surface area (Å²) in [7, 11) is 0. The lowest BCUT2D eigenvalue weighted by Gasteiger charge is -2.10. The van der Waals surface area contributed by atoms with Crippen LogP contribution in [0.4, 0.5) is 5.69 Å². The van der Waals surface area contributed by atoms with Gasteiger partial charge in [0.1, 0.15) is 0 Å². The minimum absolute atomic E-state index is 0.115. The number of fused-ring (bicyclic) bond motifs is 1. The lowest BCUT2D eigenvalue weighted by Crippen LogP contribution is -2.02. The zero-order valence-electron chi connectivity index (χ0n) is 9.97. The third-order valence-corrected chi connectivity index (χ3v) is 3.94. The molecule has 4 nitrogen and oxygen atoms in total. The van der Waals surface area contributed by atoms with Gasteiger partial charge >= 0.3 is 0 Å². The van der Waals surface area contributed by atoms with E-state index < -0.39 is 0 Å². The predicted octanol–water partition coefficient (Wildman–Crippen LogP) is 3.86. The van der Waals surface area contributed by atoms with Gasteiger partial charge < -0.3 is 0 Å². The van der Waals surface area contributed by atoms with Crippen molar-refractivity contribution >= 4 is 32.4 Å². The zero-order valence-corrected chi connectivity index (χ0v) is 11.6. The summed E-state index contributed by atoms with van der Waals surface area (Å²) in [5.74, 6) is 0. The summed E-state index contributed by atoms with van der Waals surface area (Å²) in [6.45, 7) is 2.11. The number of alkyl halides is 1. The Morgan fingerprint density at radius 3 is 2.83 bits per heavy atom. The number of nitro groups is 1. The molecule has 0 radical (unpaired) electrons. The van der Waals surface area contributed by atoms with Gasteiger partial charge in [-0.05, 0) is 29.9 Å². The zero-order chi connectivity index (χ0) is 13.1. The first-order chi connectivity index (χ1) is 8.63. The van der Waals surface area contributed by atoms with Crippen molar-refractivity contribution in [1.82, 2.24) is 4.98 Å². The van der Waals surface area contributed by atoms with Gasteiger partial charge in [-0.3, -0.25) is 15.1 Å². The Balaban J connectivity index is 2.57. The van der Waals surface area contributed by atoms with E-state index in [0.717, 1.165) is 23.8 Å². The molecular weight excluding hydrogens is 296 g/mol. The van der Waals surface area contributed by atoms with Crippen LogP contribution in [-0.4, -0.2) is 14.7 Å². The van der Waals surface area contributed by atoms with Crippen molar-refractivity contribution < 1.29 is 4.92 Å². The Hall–Kier alpha value is -1.49. The first kappa shape index (κ1) is 13.0. The van der Waals surface area contributed by atoms with Gasteiger partial charge in [-0.2, -0.15) is 0 Å². The van der Waals surface area contributed by atoms with E-state index in [1.54, 1.807) is 18.5 Å². The molecule has 0 saturated heterocycles. The average Bonchev–Trinajstić information content (AvgIpc) is 2.38. The van der Waals surface area contributed by atoms with E-state index >= 15 is 0 Å². The molecule has 94 valence electrons. The molecule has 1 unspecified atom stereocenters. The van der Waals surface area contributed by atoms with E-state index in [9.17, 15) is 10.1 Å². The maximum Gasteiger partial charge on any atom is 0.278 e. The summed E-state index contributed by atoms with van der Waals surface area (Å²) in [6, 6.07) is 5.24. The highest BCUT2D eigenvalue weighted by atomic mass is 79.9. The maximum atomic E-state index is 11.0. The van der Waals surface area contributed by atoms with Crippen LogP contribution in [0.25, 0.3) is 10.8 Å². The highest BCUT2D eigenvalue weighted by Crippen LogP contribution is 2.29. The molecule has 2 aromatic rings. The minimum Gasteiger partial charge on any atom is -0.264 e. The third-order valence-electron chi connectivity index (χ3n) is 2.97. The van der Waals surface area contributed by atoms with Crippen LogP contribution in [0.2, 0.25) is 0 Å². The fraction of sp³-hybridized carbons (Fsp3) is 0.308. The van der Waals surface area contributed by atoms with Crippen molar-refractivity contribution in [3.63, 3.8) is 0 Å². The first-order valence-corrected chi connectivity index (χ1v) is 6.69. The van der Waals surface area contributed by atoms with Gasteiger partial charge in [-0.1, -0.05) is 28.9 Å². The molecule has 5 heteroatoms. The van der Waals surface area contributed by atoms with Crippen molar-refractivity contribution in [3.05, 3.63) is 46.3 Å². The largest absolute Gasteiger partial charge is 0.278 e. The van der Waals surface area contributed by atoms with E-state index in [1.165, 1.54) is 0 Å². The van der Waals surface area contributed by atoms with E-state index in [-0.39, 0.29) is 10.6 Å². The highest BCUT2D eigenvalue weighted by Gasteiger charge is 2.15. The van der Waals surface area contributed by atoms with Crippen LogP contribution < -0.4 is 0 Å². The molecule has 18 heavy (non-hydrogen) atoms. The molecule has 0 aliphatic carbocycles. The fourth-order valence-corrected chi connectivity index (χ4v) is 2.31. The normalized spacial score (nSPS) is 12.6. The molecule has 1 aromatic carbocycles. The highest BCUT2D eigenvalue weighted by molar-refractivity contribution is 9.09. The van der Waals surface area contributed by atoms with Gasteiger partial charge in [0.05, 0.1) is 10.3 Å². The molecule has 0 N–H and O–H groups in total. The SMILES string of the molecule is CCC(Br)Cc1ccc([N+](=O)[O-])c2cnccc12. The van der Waals surface area contributed by atoms with Gasteiger partial charge in [-0.15, -0.1) is 0 Å². The van der Waals surface area contributed by atoms with Crippen molar-refractivity contribution in [2.75, 3.05) is 0 Å². The second-order valence-electron chi connectivity index (χ2n) is 4.13. The molecule has 1 heterocycles. The smallest absolute Gasteiger partial charge is 0.264 e. The number of hydrogen-bond acceptors (Lipinski definition) is 3. The van der Waals surface area contributed by atoms with E-state index in [0.29, 0.717) is 10.2 Å². The fourth-order valence-electron chi connectivity index (χ4n) is 1.96. The van der Waals surface area contributed by atoms with Crippen molar-refractivity contribution in [1.29, 1.82) is 0 Å². The van der Waals surface area contributed by atoms with Crippen molar-refractivity contribution in [2.24, 2.45) is 0 Å². The molecule has 0 aliphatic heterocycles. The molecule has 0 spiro atoms. The number of hydrogen-bond donors (Lipinski definition) is 0. The van der Waals surface area contributed by atoms with E-state index in [4.69, 9.17) is 0 Å². The number of non-ortho nitro benzene ring substituents is 1. The average molecular weight is 309 g/mol. The standard InChI is InChI=1S/C13H13BrN2O2/c1-2-10(14)7-9-3-4-13(16(17)18)12-8-15-6-5-11(9)12/h3-6,8,10H,2,7H2,1H3. The number of nitro benzene ring substituents is 1. The summed E-state index contributed by atoms with van der Waals surface area (Å²) in [6.07, 6.45) is 5.11. The second kappa shape index (κ2) is 5.44. The molecular formula is C13H13BrN2O2. The quantitative estimate of drug-likeness (QED) is 0.489. The molecule has 0 fully saturated rings. The number of nitrogens with zero attached hydrogens (tertiary/aromatic N) is 2. The molecule has 2 rings (SSSR count). The van der Waals surface area contributed by atoms with Crippen LogP contribution in [0, 0.1) is 10.1 Å². The van der Waals surface area contributed by atoms with Crippen LogP contribution in [-0.2, 0) is 6.42 Å². The molecule has 1 atom stereocenters. The van der Waals surface area contributed by atoms with Gasteiger partial charge in [0.15, 0.2) is 0 Å². The number of halogens is 1. The lowest BCUT2D eigenvalue weighted by atomic mass is 10.0. The van der Waals surface area contributed by atoms with Crippen LogP contribution in [0.3, 0.4) is 0 Å². The van der Waals surface area contributed by atoms with Crippen molar-refractivity contribution in [3.8, 4) is 0 Å². The summed E-state index contributed by atoms with van der Waals surface area (Å²) < 4.78 is 0. The number of aromatic nitrogens is 1. The van der Waals surface area contributed by atoms with Gasteiger partial charge in [-0.25, -0.2) is 0 Å².